The highest BCUT2D eigenvalue weighted by molar-refractivity contribution is 8.00. The number of hydrogen-bond acceptors (Lipinski definition) is 5. The topological polar surface area (TPSA) is 38.7 Å². The second kappa shape index (κ2) is 10.1. The Morgan fingerprint density at radius 2 is 0.978 bits per heavy atom. The first-order valence-corrected chi connectivity index (χ1v) is 16.9. The summed E-state index contributed by atoms with van der Waals surface area (Å²) in [5, 5.41) is 7.70. The zero-order chi connectivity index (χ0) is 30.2. The Kier molecular flexibility index (Phi) is 5.68. The summed E-state index contributed by atoms with van der Waals surface area (Å²) < 4.78 is 2.64. The highest BCUT2D eigenvalue weighted by Gasteiger charge is 2.24. The summed E-state index contributed by atoms with van der Waals surface area (Å²) in [6.45, 7) is 0. The van der Waals surface area contributed by atoms with Gasteiger partial charge in [-0.1, -0.05) is 115 Å². The fraction of sp³-hybridized carbons (Fsp3) is 0. The Hall–Kier alpha value is -5.36. The van der Waals surface area contributed by atoms with Gasteiger partial charge in [-0.05, 0) is 63.7 Å². The lowest BCUT2D eigenvalue weighted by Gasteiger charge is -2.19. The minimum absolute atomic E-state index is 0.661. The van der Waals surface area contributed by atoms with E-state index in [2.05, 4.69) is 103 Å². The Bertz CT molecular complexity index is 2610. The van der Waals surface area contributed by atoms with Crippen molar-refractivity contribution in [3.63, 3.8) is 0 Å². The lowest BCUT2D eigenvalue weighted by atomic mass is 9.90. The van der Waals surface area contributed by atoms with Crippen molar-refractivity contribution < 1.29 is 0 Å². The van der Waals surface area contributed by atoms with Gasteiger partial charge in [0, 0.05) is 52.0 Å². The summed E-state index contributed by atoms with van der Waals surface area (Å²) in [5.74, 6) is 1.99. The van der Waals surface area contributed by atoms with E-state index in [-0.39, 0.29) is 0 Å². The summed E-state index contributed by atoms with van der Waals surface area (Å²) in [7, 11) is 0. The predicted molar refractivity (Wildman–Crippen MR) is 194 cm³/mol. The molecular weight excluding hydrogens is 599 g/mol. The van der Waals surface area contributed by atoms with Gasteiger partial charge in [-0.25, -0.2) is 15.0 Å². The van der Waals surface area contributed by atoms with Crippen LogP contribution in [0.3, 0.4) is 0 Å². The van der Waals surface area contributed by atoms with Gasteiger partial charge >= 0.3 is 0 Å². The van der Waals surface area contributed by atoms with Crippen molar-refractivity contribution in [3.05, 3.63) is 140 Å². The van der Waals surface area contributed by atoms with Gasteiger partial charge in [0.1, 0.15) is 0 Å². The molecule has 7 aromatic carbocycles. The van der Waals surface area contributed by atoms with Crippen LogP contribution < -0.4 is 0 Å². The first kappa shape index (κ1) is 25.9. The molecule has 0 amide bonds. The first-order chi connectivity index (χ1) is 22.8. The standard InChI is InChI=1S/C41H23N3S2/c1-3-11-24(12-4-1)39-42-40(25-13-5-2-6-14-25)44-41(43-39)31-22-27-16-8-7-15-26(27)21-29(31)30-23-35-38-36-28(30)17-9-18-32(36)45-33-19-10-20-34(46-35)37(33)38/h1-23H. The van der Waals surface area contributed by atoms with Crippen molar-refractivity contribution in [2.75, 3.05) is 0 Å². The third-order valence-electron chi connectivity index (χ3n) is 8.88. The van der Waals surface area contributed by atoms with Gasteiger partial charge in [0.15, 0.2) is 17.5 Å². The summed E-state index contributed by atoms with van der Waals surface area (Å²) in [5.41, 5.74) is 5.23. The van der Waals surface area contributed by atoms with E-state index in [9.17, 15) is 0 Å². The summed E-state index contributed by atoms with van der Waals surface area (Å²) in [6, 6.07) is 49.4. The minimum atomic E-state index is 0.661. The molecule has 9 aromatic rings. The first-order valence-electron chi connectivity index (χ1n) is 15.3. The molecule has 0 atom stereocenters. The van der Waals surface area contributed by atoms with Gasteiger partial charge in [0.05, 0.1) is 0 Å². The Labute approximate surface area is 273 Å². The van der Waals surface area contributed by atoms with E-state index in [4.69, 9.17) is 15.0 Å². The van der Waals surface area contributed by atoms with E-state index in [0.29, 0.717) is 17.5 Å². The molecule has 0 saturated heterocycles. The lowest BCUT2D eigenvalue weighted by molar-refractivity contribution is 1.07. The molecule has 0 N–H and O–H groups in total. The van der Waals surface area contributed by atoms with Crippen LogP contribution in [-0.2, 0) is 0 Å². The largest absolute Gasteiger partial charge is 0.208 e. The van der Waals surface area contributed by atoms with Crippen molar-refractivity contribution >= 4 is 64.8 Å². The van der Waals surface area contributed by atoms with Crippen LogP contribution >= 0.6 is 23.1 Å². The van der Waals surface area contributed by atoms with Crippen molar-refractivity contribution in [1.82, 2.24) is 15.0 Å². The Morgan fingerprint density at radius 3 is 1.67 bits per heavy atom. The van der Waals surface area contributed by atoms with Crippen LogP contribution in [0.15, 0.2) is 149 Å². The Balaban J connectivity index is 1.32. The van der Waals surface area contributed by atoms with E-state index in [1.165, 1.54) is 51.7 Å². The van der Waals surface area contributed by atoms with Crippen LogP contribution in [0.4, 0.5) is 0 Å². The van der Waals surface area contributed by atoms with E-state index in [1.807, 2.05) is 59.5 Å². The number of nitrogens with zero attached hydrogens (tertiary/aromatic N) is 3. The molecule has 0 saturated carbocycles. The molecule has 5 heteroatoms. The van der Waals surface area contributed by atoms with E-state index >= 15 is 0 Å². The molecule has 0 unspecified atom stereocenters. The fourth-order valence-electron chi connectivity index (χ4n) is 6.80. The minimum Gasteiger partial charge on any atom is -0.208 e. The molecule has 0 radical (unpaired) electrons. The number of aromatic nitrogens is 3. The maximum absolute atomic E-state index is 5.17. The molecule has 0 spiro atoms. The smallest absolute Gasteiger partial charge is 0.164 e. The lowest BCUT2D eigenvalue weighted by Crippen LogP contribution is -2.01. The average Bonchev–Trinajstić information content (AvgIpc) is 3.51. The van der Waals surface area contributed by atoms with Gasteiger partial charge in [-0.2, -0.15) is 0 Å². The van der Waals surface area contributed by atoms with Crippen molar-refractivity contribution in [2.24, 2.45) is 0 Å². The zero-order valence-corrected chi connectivity index (χ0v) is 26.1. The molecular formula is C41H23N3S2. The van der Waals surface area contributed by atoms with Crippen LogP contribution in [0.5, 0.6) is 0 Å². The predicted octanol–water partition coefficient (Wildman–Crippen LogP) is 11.7. The number of rotatable bonds is 4. The van der Waals surface area contributed by atoms with Crippen LogP contribution in [0, 0.1) is 0 Å². The number of benzene rings is 7. The number of fused-ring (bicyclic) bond motifs is 1. The Morgan fingerprint density at radius 1 is 0.391 bits per heavy atom. The second-order valence-electron chi connectivity index (χ2n) is 11.6. The fourth-order valence-corrected chi connectivity index (χ4v) is 9.20. The van der Waals surface area contributed by atoms with Gasteiger partial charge in [-0.15, -0.1) is 11.3 Å². The molecule has 3 heterocycles. The quantitative estimate of drug-likeness (QED) is 0.196. The normalized spacial score (nSPS) is 12.3. The third kappa shape index (κ3) is 3.96. The summed E-state index contributed by atoms with van der Waals surface area (Å²) >= 11 is 3.77. The molecule has 0 aliphatic carbocycles. The molecule has 1 aliphatic rings. The second-order valence-corrected chi connectivity index (χ2v) is 13.8. The van der Waals surface area contributed by atoms with Gasteiger partial charge in [-0.3, -0.25) is 0 Å². The van der Waals surface area contributed by atoms with Crippen LogP contribution in [0.2, 0.25) is 0 Å². The van der Waals surface area contributed by atoms with Crippen LogP contribution in [-0.4, -0.2) is 15.0 Å². The van der Waals surface area contributed by atoms with Crippen molar-refractivity contribution in [3.8, 4) is 45.3 Å². The zero-order valence-electron chi connectivity index (χ0n) is 24.4. The molecule has 1 aliphatic heterocycles. The van der Waals surface area contributed by atoms with Crippen LogP contribution in [0.1, 0.15) is 0 Å². The molecule has 2 aromatic heterocycles. The molecule has 214 valence electrons. The number of thiophene rings is 1. The van der Waals surface area contributed by atoms with E-state index in [1.54, 1.807) is 0 Å². The highest BCUT2D eigenvalue weighted by Crippen LogP contribution is 2.53. The maximum Gasteiger partial charge on any atom is 0.164 e. The summed E-state index contributed by atoms with van der Waals surface area (Å²) in [4.78, 5) is 18.0. The molecule has 10 rings (SSSR count). The third-order valence-corrected chi connectivity index (χ3v) is 11.1. The molecule has 46 heavy (non-hydrogen) atoms. The molecule has 0 fully saturated rings. The van der Waals surface area contributed by atoms with E-state index in [0.717, 1.165) is 27.6 Å². The van der Waals surface area contributed by atoms with Gasteiger partial charge in [0.25, 0.3) is 0 Å². The highest BCUT2D eigenvalue weighted by atomic mass is 32.2. The number of hydrogen-bond donors (Lipinski definition) is 0. The van der Waals surface area contributed by atoms with E-state index < -0.39 is 0 Å². The summed E-state index contributed by atoms with van der Waals surface area (Å²) in [6.07, 6.45) is 0. The van der Waals surface area contributed by atoms with Gasteiger partial charge < -0.3 is 0 Å². The van der Waals surface area contributed by atoms with Crippen LogP contribution in [0.25, 0.3) is 87.0 Å². The molecule has 0 bridgehead atoms. The average molecular weight is 622 g/mol. The maximum atomic E-state index is 5.17. The van der Waals surface area contributed by atoms with Gasteiger partial charge in [0.2, 0.25) is 0 Å². The van der Waals surface area contributed by atoms with Crippen molar-refractivity contribution in [2.45, 2.75) is 9.79 Å². The van der Waals surface area contributed by atoms with Crippen molar-refractivity contribution in [1.29, 1.82) is 0 Å². The SMILES string of the molecule is c1ccc(-c2nc(-c3ccccc3)nc(-c3cc4ccccc4cc3-c3cc4sc5cccc6c5c4c4c(cccc34)S6)n2)cc1. The monoisotopic (exact) mass is 621 g/mol. The molecule has 3 nitrogen and oxygen atoms in total.